The number of aryl methyl sites for hydroxylation is 2. The van der Waals surface area contributed by atoms with Gasteiger partial charge in [0.2, 0.25) is 16.0 Å². The minimum absolute atomic E-state index is 0.212. The van der Waals surface area contributed by atoms with Gasteiger partial charge in [0.1, 0.15) is 0 Å². The van der Waals surface area contributed by atoms with Crippen molar-refractivity contribution < 1.29 is 12.8 Å². The Morgan fingerprint density at radius 2 is 1.65 bits per heavy atom. The van der Waals surface area contributed by atoms with Crippen molar-refractivity contribution in [1.82, 2.24) is 19.3 Å². The molecule has 0 amide bonds. The molecule has 0 saturated heterocycles. The first-order valence-electron chi connectivity index (χ1n) is 12.2. The Kier molecular flexibility index (Phi) is 5.85. The van der Waals surface area contributed by atoms with Gasteiger partial charge in [0, 0.05) is 17.0 Å². The molecular weight excluding hydrogens is 487 g/mol. The number of nitrogens with one attached hydrogen (secondary N) is 1. The topological polar surface area (TPSA) is 76.9 Å². The van der Waals surface area contributed by atoms with Crippen molar-refractivity contribution >= 4 is 20.9 Å². The van der Waals surface area contributed by atoms with E-state index in [-0.39, 0.29) is 10.8 Å². The maximum Gasteiger partial charge on any atom is 0.241 e. The number of aromatic nitrogens is 3. The molecule has 2 heterocycles. The normalized spacial score (nSPS) is 17.6. The second-order valence-corrected chi connectivity index (χ2v) is 11.1. The third kappa shape index (κ3) is 4.32. The van der Waals surface area contributed by atoms with Gasteiger partial charge in [-0.3, -0.25) is 4.57 Å². The fourth-order valence-corrected chi connectivity index (χ4v) is 6.53. The van der Waals surface area contributed by atoms with Crippen molar-refractivity contribution in [3.05, 3.63) is 119 Å². The molecule has 1 unspecified atom stereocenters. The summed E-state index contributed by atoms with van der Waals surface area (Å²) in [5, 5.41) is 0.976. The van der Waals surface area contributed by atoms with Crippen LogP contribution in [-0.4, -0.2) is 23.0 Å². The Bertz CT molecular complexity index is 1700. The predicted molar refractivity (Wildman–Crippen MR) is 141 cm³/mol. The summed E-state index contributed by atoms with van der Waals surface area (Å²) in [6, 6.07) is 24.2. The van der Waals surface area contributed by atoms with Crippen LogP contribution in [0.4, 0.5) is 4.39 Å². The Hall–Kier alpha value is -3.88. The van der Waals surface area contributed by atoms with Crippen LogP contribution < -0.4 is 4.72 Å². The SMILES string of the molecule is Cc1ccc(S(=O)(=O)N[C@@H]2c3ccccc3CCC2c2cc3ccccc3n2-c2ncc(F)cn2)cc1. The van der Waals surface area contributed by atoms with Crippen molar-refractivity contribution in [3.8, 4) is 5.95 Å². The molecule has 2 aromatic heterocycles. The Labute approximate surface area is 214 Å². The van der Waals surface area contributed by atoms with Crippen molar-refractivity contribution in [2.24, 2.45) is 0 Å². The molecule has 8 heteroatoms. The van der Waals surface area contributed by atoms with Gasteiger partial charge >= 0.3 is 0 Å². The number of benzene rings is 3. The Morgan fingerprint density at radius 1 is 0.946 bits per heavy atom. The minimum Gasteiger partial charge on any atom is -0.282 e. The average molecular weight is 513 g/mol. The summed E-state index contributed by atoms with van der Waals surface area (Å²) in [5.74, 6) is -0.384. The predicted octanol–water partition coefficient (Wildman–Crippen LogP) is 5.62. The molecule has 0 radical (unpaired) electrons. The van der Waals surface area contributed by atoms with Crippen LogP contribution in [0.1, 0.15) is 40.8 Å². The molecule has 186 valence electrons. The van der Waals surface area contributed by atoms with Gasteiger partial charge in [0.15, 0.2) is 5.82 Å². The fraction of sp³-hybridized carbons (Fsp3) is 0.172. The number of hydrogen-bond donors (Lipinski definition) is 1. The van der Waals surface area contributed by atoms with E-state index < -0.39 is 21.9 Å². The number of fused-ring (bicyclic) bond motifs is 2. The number of sulfonamides is 1. The van der Waals surface area contributed by atoms with Crippen LogP contribution in [0.5, 0.6) is 0 Å². The van der Waals surface area contributed by atoms with Crippen molar-refractivity contribution in [2.75, 3.05) is 0 Å². The lowest BCUT2D eigenvalue weighted by molar-refractivity contribution is 0.435. The Balaban J connectivity index is 1.52. The molecule has 0 aliphatic heterocycles. The molecule has 3 aromatic carbocycles. The average Bonchev–Trinajstić information content (AvgIpc) is 3.29. The smallest absolute Gasteiger partial charge is 0.241 e. The van der Waals surface area contributed by atoms with Gasteiger partial charge in [-0.25, -0.2) is 27.5 Å². The van der Waals surface area contributed by atoms with Gasteiger partial charge in [0.25, 0.3) is 0 Å². The lowest BCUT2D eigenvalue weighted by atomic mass is 9.78. The quantitative estimate of drug-likeness (QED) is 0.332. The highest BCUT2D eigenvalue weighted by molar-refractivity contribution is 7.89. The van der Waals surface area contributed by atoms with Gasteiger partial charge in [0.05, 0.1) is 28.8 Å². The van der Waals surface area contributed by atoms with Gasteiger partial charge in [-0.2, -0.15) is 0 Å². The standard InChI is InChI=1S/C29H25FN4O2S/c1-19-10-13-23(14-11-19)37(35,36)33-28-24-8-4-2-6-20(24)12-15-25(28)27-16-21-7-3-5-9-26(21)34(27)29-31-17-22(30)18-32-29/h2-11,13-14,16-18,25,28,33H,12,15H2,1H3/t25?,28-/m1/s1. The zero-order valence-electron chi connectivity index (χ0n) is 20.2. The number of para-hydroxylation sites is 1. The minimum atomic E-state index is -3.81. The number of nitrogens with zero attached hydrogens (tertiary/aromatic N) is 3. The third-order valence-electron chi connectivity index (χ3n) is 7.06. The van der Waals surface area contributed by atoms with E-state index in [0.717, 1.165) is 58.5 Å². The molecule has 6 rings (SSSR count). The first kappa shape index (κ1) is 23.5. The van der Waals surface area contributed by atoms with Crippen LogP contribution >= 0.6 is 0 Å². The highest BCUT2D eigenvalue weighted by Gasteiger charge is 2.36. The van der Waals surface area contributed by atoms with Crippen LogP contribution in [0.25, 0.3) is 16.9 Å². The van der Waals surface area contributed by atoms with Crippen molar-refractivity contribution in [2.45, 2.75) is 36.6 Å². The lowest BCUT2D eigenvalue weighted by Gasteiger charge is -2.34. The number of rotatable bonds is 5. The largest absolute Gasteiger partial charge is 0.282 e. The van der Waals surface area contributed by atoms with Crippen molar-refractivity contribution in [3.63, 3.8) is 0 Å². The maximum absolute atomic E-state index is 13.7. The highest BCUT2D eigenvalue weighted by Crippen LogP contribution is 2.43. The molecule has 1 N–H and O–H groups in total. The second-order valence-electron chi connectivity index (χ2n) is 9.42. The molecule has 5 aromatic rings. The molecule has 0 bridgehead atoms. The monoisotopic (exact) mass is 512 g/mol. The summed E-state index contributed by atoms with van der Waals surface area (Å²) in [6.45, 7) is 1.92. The van der Waals surface area contributed by atoms with E-state index in [1.54, 1.807) is 24.3 Å². The zero-order chi connectivity index (χ0) is 25.6. The van der Waals surface area contributed by atoms with Gasteiger partial charge in [-0.1, -0.05) is 60.2 Å². The van der Waals surface area contributed by atoms with E-state index in [0.29, 0.717) is 5.95 Å². The van der Waals surface area contributed by atoms with E-state index in [1.807, 2.05) is 54.0 Å². The molecule has 2 atom stereocenters. The summed E-state index contributed by atoms with van der Waals surface area (Å²) in [4.78, 5) is 8.75. The summed E-state index contributed by atoms with van der Waals surface area (Å²) < 4.78 is 45.8. The highest BCUT2D eigenvalue weighted by atomic mass is 32.2. The summed E-state index contributed by atoms with van der Waals surface area (Å²) in [6.07, 6.45) is 3.81. The molecule has 37 heavy (non-hydrogen) atoms. The first-order valence-corrected chi connectivity index (χ1v) is 13.6. The second kappa shape index (κ2) is 9.21. The summed E-state index contributed by atoms with van der Waals surface area (Å²) in [5.41, 5.74) is 4.81. The Morgan fingerprint density at radius 3 is 2.43 bits per heavy atom. The molecule has 1 aliphatic carbocycles. The molecule has 1 aliphatic rings. The number of hydrogen-bond acceptors (Lipinski definition) is 4. The van der Waals surface area contributed by atoms with Gasteiger partial charge in [-0.05, 0) is 55.2 Å². The van der Waals surface area contributed by atoms with Crippen LogP contribution in [0.3, 0.4) is 0 Å². The fourth-order valence-electron chi connectivity index (χ4n) is 5.27. The summed E-state index contributed by atoms with van der Waals surface area (Å²) in [7, 11) is -3.81. The lowest BCUT2D eigenvalue weighted by Crippen LogP contribution is -2.36. The molecule has 6 nitrogen and oxygen atoms in total. The number of halogens is 1. The molecule has 0 spiro atoms. The van der Waals surface area contributed by atoms with E-state index in [4.69, 9.17) is 0 Å². The maximum atomic E-state index is 13.7. The van der Waals surface area contributed by atoms with Gasteiger partial charge in [-0.15, -0.1) is 0 Å². The van der Waals surface area contributed by atoms with Crippen LogP contribution in [-0.2, 0) is 16.4 Å². The van der Waals surface area contributed by atoms with E-state index in [2.05, 4.69) is 26.8 Å². The van der Waals surface area contributed by atoms with Crippen LogP contribution in [0.2, 0.25) is 0 Å². The van der Waals surface area contributed by atoms with Crippen molar-refractivity contribution in [1.29, 1.82) is 0 Å². The van der Waals surface area contributed by atoms with Crippen LogP contribution in [0, 0.1) is 12.7 Å². The molecular formula is C29H25FN4O2S. The molecule has 0 saturated carbocycles. The van der Waals surface area contributed by atoms with E-state index >= 15 is 0 Å². The molecule has 0 fully saturated rings. The third-order valence-corrected chi connectivity index (χ3v) is 8.51. The summed E-state index contributed by atoms with van der Waals surface area (Å²) >= 11 is 0. The van der Waals surface area contributed by atoms with E-state index in [1.165, 1.54) is 0 Å². The van der Waals surface area contributed by atoms with Gasteiger partial charge < -0.3 is 0 Å². The first-order chi connectivity index (χ1) is 17.9. The van der Waals surface area contributed by atoms with E-state index in [9.17, 15) is 12.8 Å². The van der Waals surface area contributed by atoms with Crippen LogP contribution in [0.15, 0.2) is 96.2 Å². The zero-order valence-corrected chi connectivity index (χ0v) is 21.0.